The largest absolute Gasteiger partial charge is 0.497 e. The second kappa shape index (κ2) is 30.2. The number of hydrogen-bond acceptors (Lipinski definition) is 13. The summed E-state index contributed by atoms with van der Waals surface area (Å²) in [5.74, 6) is -5.32. The van der Waals surface area contributed by atoms with Crippen LogP contribution in [0.5, 0.6) is 5.75 Å². The van der Waals surface area contributed by atoms with Crippen LogP contribution in [0.25, 0.3) is 0 Å². The van der Waals surface area contributed by atoms with Gasteiger partial charge in [0.1, 0.15) is 5.75 Å². The van der Waals surface area contributed by atoms with E-state index >= 15 is 8.78 Å². The van der Waals surface area contributed by atoms with E-state index in [4.69, 9.17) is 19.4 Å². The Balaban J connectivity index is 0.000000197. The van der Waals surface area contributed by atoms with Crippen molar-refractivity contribution in [3.63, 3.8) is 0 Å². The van der Waals surface area contributed by atoms with Gasteiger partial charge in [0.25, 0.3) is 0 Å². The normalized spacial score (nSPS) is 21.6. The topological polar surface area (TPSA) is 163 Å². The molecular weight excluding hydrogens is 1360 g/mol. The van der Waals surface area contributed by atoms with Gasteiger partial charge in [0.15, 0.2) is 12.3 Å². The number of hydrogen-bond donors (Lipinski definition) is 3. The van der Waals surface area contributed by atoms with Crippen molar-refractivity contribution in [3.8, 4) is 5.75 Å². The number of rotatable bonds is 16. The fraction of sp³-hybridized carbons (Fsp3) is 0.538. The summed E-state index contributed by atoms with van der Waals surface area (Å²) in [6.45, 7) is 10.3. The minimum Gasteiger partial charge on any atom is -0.497 e. The third-order valence-electron chi connectivity index (χ3n) is 21.8. The SMILES string of the molecule is CC1(C)Cc2nc(C3CCN(c4ncc(CO)cn4)CC3)c(C(F)c3ccc(C(F)(F)F)cc3)c(C3CCC(F)(F)CC3)c2C(O)C1.COc1ccc(COC2CC(C)(C)Cc3nc(C4CCN(c5ncc(CO)cn5)CC4)c(C(F)c4ccc(C(F)(F)F)cc4)c(C4CCC(F)(F)CC4)c32)cc1. The quantitative estimate of drug-likeness (QED) is 0.0784. The maximum atomic E-state index is 17.7. The van der Waals surface area contributed by atoms with Crippen molar-refractivity contribution in [1.82, 2.24) is 29.9 Å². The minimum absolute atomic E-state index is 0.0174. The number of alkyl halides is 12. The van der Waals surface area contributed by atoms with E-state index in [1.54, 1.807) is 31.9 Å². The summed E-state index contributed by atoms with van der Waals surface area (Å²) in [5.41, 5.74) is 5.08. The van der Waals surface area contributed by atoms with Gasteiger partial charge in [-0.3, -0.25) is 9.97 Å². The van der Waals surface area contributed by atoms with E-state index in [1.807, 2.05) is 47.9 Å². The van der Waals surface area contributed by atoms with Gasteiger partial charge in [-0.2, -0.15) is 26.3 Å². The van der Waals surface area contributed by atoms with E-state index in [9.17, 15) is 59.2 Å². The molecule has 4 fully saturated rings. The van der Waals surface area contributed by atoms with Gasteiger partial charge in [-0.15, -0.1) is 0 Å². The summed E-state index contributed by atoms with van der Waals surface area (Å²) in [6.07, 6.45) is -4.87. The van der Waals surface area contributed by atoms with Crippen molar-refractivity contribution in [2.24, 2.45) is 10.8 Å². The molecule has 2 saturated heterocycles. The Labute approximate surface area is 592 Å². The first kappa shape index (κ1) is 75.2. The Morgan fingerprint density at radius 1 is 0.495 bits per heavy atom. The lowest BCUT2D eigenvalue weighted by Gasteiger charge is -2.42. The molecule has 3 aromatic carbocycles. The lowest BCUT2D eigenvalue weighted by atomic mass is 9.68. The van der Waals surface area contributed by atoms with Crippen molar-refractivity contribution in [1.29, 1.82) is 0 Å². The minimum atomic E-state index is -4.60. The highest BCUT2D eigenvalue weighted by molar-refractivity contribution is 5.54. The number of aliphatic hydroxyl groups excluding tert-OH is 3. The van der Waals surface area contributed by atoms with Crippen LogP contribution in [-0.2, 0) is 49.8 Å². The molecule has 7 aromatic rings. The van der Waals surface area contributed by atoms with Gasteiger partial charge in [-0.05, 0) is 164 Å². The van der Waals surface area contributed by atoms with Crippen molar-refractivity contribution in [3.05, 3.63) is 193 Å². The molecule has 25 heteroatoms. The maximum absolute atomic E-state index is 17.7. The van der Waals surface area contributed by atoms with Crippen LogP contribution in [0, 0.1) is 10.8 Å². The average molecular weight is 1450 g/mol. The van der Waals surface area contributed by atoms with E-state index in [1.165, 1.54) is 12.1 Å². The van der Waals surface area contributed by atoms with Crippen molar-refractivity contribution in [2.45, 2.75) is 223 Å². The number of nitrogens with zero attached hydrogens (tertiary/aromatic N) is 8. The highest BCUT2D eigenvalue weighted by Gasteiger charge is 2.47. The van der Waals surface area contributed by atoms with Crippen molar-refractivity contribution >= 4 is 11.9 Å². The lowest BCUT2D eigenvalue weighted by molar-refractivity contribution is -0.138. The Bertz CT molecular complexity index is 4030. The number of anilines is 2. The number of ether oxygens (including phenoxy) is 2. The molecule has 2 aliphatic heterocycles. The summed E-state index contributed by atoms with van der Waals surface area (Å²) in [5, 5.41) is 30.3. The van der Waals surface area contributed by atoms with Crippen molar-refractivity contribution in [2.75, 3.05) is 43.1 Å². The van der Waals surface area contributed by atoms with E-state index in [0.717, 1.165) is 53.2 Å². The molecule has 13 rings (SSSR count). The number of methoxy groups -OCH3 is 1. The molecule has 4 atom stereocenters. The highest BCUT2D eigenvalue weighted by Crippen LogP contribution is 2.56. The zero-order valence-electron chi connectivity index (χ0n) is 58.4. The Kier molecular flexibility index (Phi) is 22.0. The lowest BCUT2D eigenvalue weighted by Crippen LogP contribution is -2.36. The molecule has 3 N–H and O–H groups in total. The van der Waals surface area contributed by atoms with Gasteiger partial charge in [-0.1, -0.05) is 64.1 Å². The Morgan fingerprint density at radius 3 is 1.25 bits per heavy atom. The first-order valence-corrected chi connectivity index (χ1v) is 35.6. The number of pyridine rings is 2. The second-order valence-electron chi connectivity index (χ2n) is 30.5. The van der Waals surface area contributed by atoms with Crippen LogP contribution in [-0.4, -0.2) is 90.4 Å². The Morgan fingerprint density at radius 2 is 0.874 bits per heavy atom. The van der Waals surface area contributed by atoms with Gasteiger partial charge in [0.05, 0.1) is 61.7 Å². The molecule has 2 saturated carbocycles. The third kappa shape index (κ3) is 17.1. The number of fused-ring (bicyclic) bond motifs is 2. The smallest absolute Gasteiger partial charge is 0.416 e. The number of aromatic nitrogens is 6. The van der Waals surface area contributed by atoms with Crippen LogP contribution in [0.15, 0.2) is 97.6 Å². The molecule has 0 bridgehead atoms. The van der Waals surface area contributed by atoms with Crippen LogP contribution >= 0.6 is 0 Å². The van der Waals surface area contributed by atoms with Gasteiger partial charge in [0.2, 0.25) is 23.7 Å². The molecule has 0 spiro atoms. The molecule has 0 radical (unpaired) electrons. The second-order valence-corrected chi connectivity index (χ2v) is 30.5. The van der Waals surface area contributed by atoms with E-state index in [0.29, 0.717) is 140 Å². The summed E-state index contributed by atoms with van der Waals surface area (Å²) < 4.78 is 186. The fourth-order valence-electron chi connectivity index (χ4n) is 16.4. The standard InChI is InChI=1S/C43H48F6N4O3.C35H40F6N4O2/c1-41(2)20-33-36(34(21-41)56-25-26-4-10-32(55-3)11-5-26)35(28-12-16-42(45,46)17-13-28)37(38(44)29-6-8-31(9-7-29)43(47,48)49)39(52-33)30-14-18-53(19-15-30)40-50-22-27(24-54)23-51-40;1-33(2)15-25-28(26(47)16-33)27(21-7-11-34(37,38)12-8-21)29(30(36)22-3-5-24(6-4-22)35(39,40)41)31(44-25)23-9-13-45(14-10-23)32-42-17-20(19-46)18-43-32/h4-11,22-23,28,30,34,38,54H,12-21,24-25H2,1-3H3;3-6,17-18,21,23,26,30,46-47H,7-16,19H2,1-2H3. The third-order valence-corrected chi connectivity index (χ3v) is 21.8. The van der Waals surface area contributed by atoms with Crippen LogP contribution in [0.2, 0.25) is 0 Å². The maximum Gasteiger partial charge on any atom is 0.416 e. The average Bonchev–Trinajstić information content (AvgIpc) is 0.735. The molecule has 554 valence electrons. The predicted molar refractivity (Wildman–Crippen MR) is 364 cm³/mol. The molecule has 6 heterocycles. The molecular formula is C78H88F12N8O5. The fourth-order valence-corrected chi connectivity index (χ4v) is 16.4. The summed E-state index contributed by atoms with van der Waals surface area (Å²) in [4.78, 5) is 32.0. The molecule has 4 unspecified atom stereocenters. The molecule has 4 aliphatic carbocycles. The first-order chi connectivity index (χ1) is 48.8. The molecule has 0 amide bonds. The zero-order valence-corrected chi connectivity index (χ0v) is 58.4. The molecule has 103 heavy (non-hydrogen) atoms. The summed E-state index contributed by atoms with van der Waals surface area (Å²) >= 11 is 0. The Hall–Kier alpha value is -7.48. The first-order valence-electron chi connectivity index (χ1n) is 35.6. The predicted octanol–water partition coefficient (Wildman–Crippen LogP) is 18.5. The van der Waals surface area contributed by atoms with Crippen LogP contribution in [0.4, 0.5) is 64.6 Å². The number of aliphatic hydroxyl groups is 3. The summed E-state index contributed by atoms with van der Waals surface area (Å²) in [6, 6.07) is 15.6. The highest BCUT2D eigenvalue weighted by atomic mass is 19.4. The van der Waals surface area contributed by atoms with Gasteiger partial charge >= 0.3 is 12.4 Å². The van der Waals surface area contributed by atoms with Gasteiger partial charge in [-0.25, -0.2) is 46.3 Å². The number of halogens is 12. The molecule has 4 aromatic heterocycles. The van der Waals surface area contributed by atoms with Gasteiger partial charge < -0.3 is 34.6 Å². The summed E-state index contributed by atoms with van der Waals surface area (Å²) in [7, 11) is 1.59. The van der Waals surface area contributed by atoms with Crippen LogP contribution < -0.4 is 14.5 Å². The number of piperidine rings is 2. The molecule has 6 aliphatic rings. The monoisotopic (exact) mass is 1440 g/mol. The van der Waals surface area contributed by atoms with Gasteiger partial charge in [0, 0.05) is 133 Å². The zero-order chi connectivity index (χ0) is 73.6. The van der Waals surface area contributed by atoms with E-state index < -0.39 is 71.7 Å². The van der Waals surface area contributed by atoms with E-state index in [-0.39, 0.29) is 116 Å². The van der Waals surface area contributed by atoms with E-state index in [2.05, 4.69) is 33.8 Å². The van der Waals surface area contributed by atoms with Crippen LogP contribution in [0.3, 0.4) is 0 Å². The van der Waals surface area contributed by atoms with Crippen molar-refractivity contribution < 1.29 is 77.5 Å². The molecule has 13 nitrogen and oxygen atoms in total. The van der Waals surface area contributed by atoms with Crippen LogP contribution in [0.1, 0.15) is 261 Å². The number of benzene rings is 3.